The predicted molar refractivity (Wildman–Crippen MR) is 116 cm³/mol. The fourth-order valence-corrected chi connectivity index (χ4v) is 4.71. The molecule has 0 aliphatic carbocycles. The number of carbonyl (C=O) groups excluding carboxylic acids is 1. The van der Waals surface area contributed by atoms with Gasteiger partial charge >= 0.3 is 12.0 Å². The van der Waals surface area contributed by atoms with Crippen molar-refractivity contribution in [3.8, 4) is 0 Å². The largest absolute Gasteiger partial charge is 0.477 e. The molecule has 3 heterocycles. The van der Waals surface area contributed by atoms with Crippen molar-refractivity contribution in [3.05, 3.63) is 35.5 Å². The Balaban J connectivity index is 1.39. The van der Waals surface area contributed by atoms with Crippen LogP contribution in [0.3, 0.4) is 0 Å². The zero-order chi connectivity index (χ0) is 21.4. The van der Waals surface area contributed by atoms with Gasteiger partial charge in [0.1, 0.15) is 5.69 Å². The first-order valence-corrected chi connectivity index (χ1v) is 10.6. The molecular weight excluding hydrogens is 382 g/mol. The minimum atomic E-state index is -0.912. The molecule has 2 aliphatic heterocycles. The summed E-state index contributed by atoms with van der Waals surface area (Å²) in [4.78, 5) is 32.9. The van der Waals surface area contributed by atoms with E-state index in [1.165, 1.54) is 0 Å². The molecule has 0 bridgehead atoms. The molecular formula is C22H31N5O3. The van der Waals surface area contributed by atoms with Crippen molar-refractivity contribution in [3.63, 3.8) is 0 Å². The van der Waals surface area contributed by atoms with Gasteiger partial charge in [-0.2, -0.15) is 0 Å². The smallest absolute Gasteiger partial charge is 0.352 e. The van der Waals surface area contributed by atoms with Crippen LogP contribution in [0.4, 0.5) is 4.79 Å². The van der Waals surface area contributed by atoms with Gasteiger partial charge in [-0.1, -0.05) is 18.2 Å². The van der Waals surface area contributed by atoms with E-state index in [4.69, 9.17) is 0 Å². The Hall–Kier alpha value is -2.58. The van der Waals surface area contributed by atoms with Crippen molar-refractivity contribution in [1.29, 1.82) is 0 Å². The summed E-state index contributed by atoms with van der Waals surface area (Å²) < 4.78 is 1.77. The summed E-state index contributed by atoms with van der Waals surface area (Å²) >= 11 is 0. The maximum Gasteiger partial charge on any atom is 0.352 e. The topological polar surface area (TPSA) is 72.3 Å². The van der Waals surface area contributed by atoms with Crippen molar-refractivity contribution >= 4 is 22.9 Å². The van der Waals surface area contributed by atoms with Gasteiger partial charge in [0, 0.05) is 64.3 Å². The molecule has 2 amide bonds. The lowest BCUT2D eigenvalue weighted by Gasteiger charge is -2.37. The van der Waals surface area contributed by atoms with E-state index in [9.17, 15) is 14.7 Å². The molecule has 0 spiro atoms. The van der Waals surface area contributed by atoms with Gasteiger partial charge in [0.25, 0.3) is 0 Å². The number of piperazine rings is 1. The van der Waals surface area contributed by atoms with E-state index in [0.717, 1.165) is 68.7 Å². The third-order valence-electron chi connectivity index (χ3n) is 6.56. The van der Waals surface area contributed by atoms with E-state index in [1.54, 1.807) is 10.6 Å². The Bertz CT molecular complexity index is 946. The summed E-state index contributed by atoms with van der Waals surface area (Å²) in [5.74, 6) is -0.912. The lowest BCUT2D eigenvalue weighted by atomic mass is 10.1. The number of likely N-dealkylation sites (N-methyl/N-ethyl adjacent to an activating group) is 1. The molecule has 1 atom stereocenters. The van der Waals surface area contributed by atoms with E-state index in [0.29, 0.717) is 11.7 Å². The number of hydrogen-bond donors (Lipinski definition) is 1. The molecule has 0 radical (unpaired) electrons. The zero-order valence-electron chi connectivity index (χ0n) is 18.0. The van der Waals surface area contributed by atoms with E-state index in [2.05, 4.69) is 30.0 Å². The number of para-hydroxylation sites is 1. The Morgan fingerprint density at radius 2 is 1.83 bits per heavy atom. The van der Waals surface area contributed by atoms with E-state index >= 15 is 0 Å². The molecule has 2 aromatic rings. The van der Waals surface area contributed by atoms with Crippen LogP contribution in [0.1, 0.15) is 22.5 Å². The molecule has 2 fully saturated rings. The number of rotatable bonds is 4. The number of carboxylic acid groups (broad SMARTS) is 1. The van der Waals surface area contributed by atoms with Crippen molar-refractivity contribution in [2.24, 2.45) is 7.05 Å². The quantitative estimate of drug-likeness (QED) is 0.827. The number of aromatic carboxylic acids is 1. The van der Waals surface area contributed by atoms with Crippen LogP contribution >= 0.6 is 0 Å². The second kappa shape index (κ2) is 8.28. The lowest BCUT2D eigenvalue weighted by Crippen LogP contribution is -2.52. The molecule has 1 aromatic heterocycles. The molecule has 2 saturated heterocycles. The number of amides is 2. The summed E-state index contributed by atoms with van der Waals surface area (Å²) in [7, 11) is 5.96. The molecule has 8 heteroatoms. The van der Waals surface area contributed by atoms with Crippen molar-refractivity contribution in [1.82, 2.24) is 24.2 Å². The number of carbonyl (C=O) groups is 2. The highest BCUT2D eigenvalue weighted by molar-refractivity contribution is 5.95. The van der Waals surface area contributed by atoms with Gasteiger partial charge in [0.15, 0.2) is 0 Å². The van der Waals surface area contributed by atoms with Crippen LogP contribution in [0.15, 0.2) is 24.3 Å². The SMILES string of the molecule is CN(C)[C@@H]1CCN(C(=O)N2CCN(Cc3cccc4cc(C(=O)O)n(C)c34)CC2)C1. The monoisotopic (exact) mass is 413 g/mol. The summed E-state index contributed by atoms with van der Waals surface area (Å²) in [5.41, 5.74) is 2.39. The molecule has 162 valence electrons. The Morgan fingerprint density at radius 1 is 1.10 bits per heavy atom. The zero-order valence-corrected chi connectivity index (χ0v) is 18.0. The number of benzene rings is 1. The fourth-order valence-electron chi connectivity index (χ4n) is 4.71. The van der Waals surface area contributed by atoms with Gasteiger partial charge in [-0.25, -0.2) is 9.59 Å². The minimum Gasteiger partial charge on any atom is -0.477 e. The lowest BCUT2D eigenvalue weighted by molar-refractivity contribution is 0.0687. The van der Waals surface area contributed by atoms with Gasteiger partial charge < -0.3 is 24.4 Å². The highest BCUT2D eigenvalue weighted by Gasteiger charge is 2.31. The van der Waals surface area contributed by atoms with E-state index in [-0.39, 0.29) is 6.03 Å². The average molecular weight is 414 g/mol. The first kappa shape index (κ1) is 20.7. The van der Waals surface area contributed by atoms with E-state index in [1.807, 2.05) is 29.0 Å². The van der Waals surface area contributed by atoms with Crippen LogP contribution in [0.5, 0.6) is 0 Å². The summed E-state index contributed by atoms with van der Waals surface area (Å²) in [6, 6.07) is 8.36. The number of fused-ring (bicyclic) bond motifs is 1. The van der Waals surface area contributed by atoms with Gasteiger partial charge in [0.2, 0.25) is 0 Å². The normalized spacial score (nSPS) is 20.5. The molecule has 1 N–H and O–H groups in total. The highest BCUT2D eigenvalue weighted by atomic mass is 16.4. The van der Waals surface area contributed by atoms with Gasteiger partial charge in [-0.05, 0) is 32.1 Å². The van der Waals surface area contributed by atoms with Crippen LogP contribution < -0.4 is 0 Å². The first-order chi connectivity index (χ1) is 14.3. The first-order valence-electron chi connectivity index (χ1n) is 10.6. The fraction of sp³-hybridized carbons (Fsp3) is 0.545. The Morgan fingerprint density at radius 3 is 2.47 bits per heavy atom. The van der Waals surface area contributed by atoms with Crippen LogP contribution in [0.2, 0.25) is 0 Å². The number of nitrogens with zero attached hydrogens (tertiary/aromatic N) is 5. The molecule has 4 rings (SSSR count). The summed E-state index contributed by atoms with van der Waals surface area (Å²) in [6.45, 7) is 5.50. The predicted octanol–water partition coefficient (Wildman–Crippen LogP) is 1.75. The standard InChI is InChI=1S/C22H31N5O3/c1-23(2)18-7-8-27(15-18)22(30)26-11-9-25(10-12-26)14-17-6-4-5-16-13-19(21(28)29)24(3)20(16)17/h4-6,13,18H,7-12,14-15H2,1-3H3,(H,28,29)/t18-/m1/s1. The second-order valence-electron chi connectivity index (χ2n) is 8.65. The number of aryl methyl sites for hydroxylation is 1. The molecule has 8 nitrogen and oxygen atoms in total. The van der Waals surface area contributed by atoms with E-state index < -0.39 is 5.97 Å². The number of aromatic nitrogens is 1. The number of urea groups is 1. The molecule has 2 aliphatic rings. The Labute approximate surface area is 177 Å². The molecule has 0 saturated carbocycles. The number of likely N-dealkylation sites (tertiary alicyclic amines) is 1. The van der Waals surface area contributed by atoms with Gasteiger partial charge in [-0.3, -0.25) is 4.90 Å². The Kier molecular flexibility index (Phi) is 5.71. The summed E-state index contributed by atoms with van der Waals surface area (Å²) in [6.07, 6.45) is 1.04. The van der Waals surface area contributed by atoms with Crippen LogP contribution in [0.25, 0.3) is 10.9 Å². The van der Waals surface area contributed by atoms with Gasteiger partial charge in [0.05, 0.1) is 5.52 Å². The summed E-state index contributed by atoms with van der Waals surface area (Å²) in [5, 5.41) is 10.4. The maximum atomic E-state index is 12.9. The molecule has 1 aromatic carbocycles. The van der Waals surface area contributed by atoms with Gasteiger partial charge in [-0.15, -0.1) is 0 Å². The molecule has 0 unspecified atom stereocenters. The number of hydrogen-bond acceptors (Lipinski definition) is 4. The average Bonchev–Trinajstić information content (AvgIpc) is 3.34. The van der Waals surface area contributed by atoms with Crippen molar-refractivity contribution < 1.29 is 14.7 Å². The minimum absolute atomic E-state index is 0.162. The maximum absolute atomic E-state index is 12.9. The highest BCUT2D eigenvalue weighted by Crippen LogP contribution is 2.24. The van der Waals surface area contributed by atoms with Crippen LogP contribution in [-0.2, 0) is 13.6 Å². The van der Waals surface area contributed by atoms with Crippen LogP contribution in [-0.4, -0.2) is 101 Å². The third kappa shape index (κ3) is 3.89. The third-order valence-corrected chi connectivity index (χ3v) is 6.56. The number of carboxylic acids is 1. The second-order valence-corrected chi connectivity index (χ2v) is 8.65. The van der Waals surface area contributed by atoms with Crippen molar-refractivity contribution in [2.75, 3.05) is 53.4 Å². The molecule has 30 heavy (non-hydrogen) atoms. The van der Waals surface area contributed by atoms with Crippen molar-refractivity contribution in [2.45, 2.75) is 19.0 Å². The van der Waals surface area contributed by atoms with Crippen LogP contribution in [0, 0.1) is 0 Å².